The number of nitrogens with zero attached hydrogens (tertiary/aromatic N) is 3. The van der Waals surface area contributed by atoms with Crippen molar-refractivity contribution >= 4 is 11.7 Å². The smallest absolute Gasteiger partial charge is 0.220 e. The molecule has 0 radical (unpaired) electrons. The zero-order valence-electron chi connectivity index (χ0n) is 13.9. The van der Waals surface area contributed by atoms with Crippen LogP contribution < -0.4 is 10.2 Å². The van der Waals surface area contributed by atoms with E-state index < -0.39 is 0 Å². The summed E-state index contributed by atoms with van der Waals surface area (Å²) in [6, 6.07) is 12.0. The first-order chi connectivity index (χ1) is 11.8. The number of benzene rings is 1. The van der Waals surface area contributed by atoms with E-state index in [0.717, 1.165) is 25.3 Å². The van der Waals surface area contributed by atoms with Gasteiger partial charge in [0.1, 0.15) is 11.6 Å². The van der Waals surface area contributed by atoms with Gasteiger partial charge in [-0.3, -0.25) is 4.79 Å². The summed E-state index contributed by atoms with van der Waals surface area (Å²) in [6.07, 6.45) is 6.75. The predicted molar refractivity (Wildman–Crippen MR) is 94.7 cm³/mol. The minimum absolute atomic E-state index is 0.0332. The Balaban J connectivity index is 1.48. The van der Waals surface area contributed by atoms with Crippen LogP contribution in [0.2, 0.25) is 0 Å². The van der Waals surface area contributed by atoms with Gasteiger partial charge in [0.15, 0.2) is 0 Å². The minimum atomic E-state index is 0.0332. The molecular weight excluding hydrogens is 300 g/mol. The highest BCUT2D eigenvalue weighted by molar-refractivity contribution is 5.76. The lowest BCUT2D eigenvalue weighted by Crippen LogP contribution is -2.31. The number of carbonyl (C=O) groups is 1. The summed E-state index contributed by atoms with van der Waals surface area (Å²) in [7, 11) is 0. The molecule has 1 amide bonds. The van der Waals surface area contributed by atoms with E-state index in [1.165, 1.54) is 24.8 Å². The van der Waals surface area contributed by atoms with Crippen molar-refractivity contribution in [3.05, 3.63) is 54.0 Å². The van der Waals surface area contributed by atoms with Crippen molar-refractivity contribution in [2.75, 3.05) is 18.0 Å². The van der Waals surface area contributed by atoms with Gasteiger partial charge in [-0.05, 0) is 37.3 Å². The second-order valence-corrected chi connectivity index (χ2v) is 6.14. The normalized spacial score (nSPS) is 14.4. The number of aryl methyl sites for hydroxylation is 1. The van der Waals surface area contributed by atoms with Crippen LogP contribution in [0.25, 0.3) is 0 Å². The Bertz CT molecular complexity index is 653. The standard InChI is InChI=1S/C19H24N4O/c24-19(10-9-16-7-3-1-4-8-16)21-15-17-20-12-11-18(22-17)23-13-5-2-6-14-23/h1,3-4,7-8,11-12H,2,5-6,9-10,13-15H2,(H,21,24). The van der Waals surface area contributed by atoms with Gasteiger partial charge >= 0.3 is 0 Å². The van der Waals surface area contributed by atoms with E-state index in [2.05, 4.69) is 20.2 Å². The maximum absolute atomic E-state index is 12.0. The van der Waals surface area contributed by atoms with Crippen LogP contribution in [0.1, 0.15) is 37.1 Å². The molecule has 1 N–H and O–H groups in total. The van der Waals surface area contributed by atoms with Gasteiger partial charge in [-0.2, -0.15) is 0 Å². The Morgan fingerprint density at radius 1 is 1.08 bits per heavy atom. The topological polar surface area (TPSA) is 58.1 Å². The molecule has 5 nitrogen and oxygen atoms in total. The van der Waals surface area contributed by atoms with E-state index in [0.29, 0.717) is 18.8 Å². The summed E-state index contributed by atoms with van der Waals surface area (Å²) in [4.78, 5) is 23.2. The van der Waals surface area contributed by atoms with Gasteiger partial charge in [0, 0.05) is 25.7 Å². The molecule has 2 heterocycles. The molecule has 1 aliphatic heterocycles. The number of hydrogen-bond donors (Lipinski definition) is 1. The van der Waals surface area contributed by atoms with Crippen molar-refractivity contribution in [1.29, 1.82) is 0 Å². The fourth-order valence-corrected chi connectivity index (χ4v) is 2.94. The van der Waals surface area contributed by atoms with Gasteiger partial charge in [0.2, 0.25) is 5.91 Å². The molecule has 126 valence electrons. The minimum Gasteiger partial charge on any atom is -0.357 e. The summed E-state index contributed by atoms with van der Waals surface area (Å²) >= 11 is 0. The molecular formula is C19H24N4O. The van der Waals surface area contributed by atoms with E-state index in [1.54, 1.807) is 6.20 Å². The molecule has 1 saturated heterocycles. The summed E-state index contributed by atoms with van der Waals surface area (Å²) < 4.78 is 0. The lowest BCUT2D eigenvalue weighted by Gasteiger charge is -2.27. The van der Waals surface area contributed by atoms with Crippen molar-refractivity contribution < 1.29 is 4.79 Å². The average Bonchev–Trinajstić information content (AvgIpc) is 2.66. The summed E-state index contributed by atoms with van der Waals surface area (Å²) in [5.74, 6) is 1.68. The predicted octanol–water partition coefficient (Wildman–Crippen LogP) is 2.72. The van der Waals surface area contributed by atoms with Crippen LogP contribution in [0, 0.1) is 0 Å². The first-order valence-corrected chi connectivity index (χ1v) is 8.69. The van der Waals surface area contributed by atoms with Gasteiger partial charge < -0.3 is 10.2 Å². The summed E-state index contributed by atoms with van der Waals surface area (Å²) in [5.41, 5.74) is 1.18. The molecule has 24 heavy (non-hydrogen) atoms. The quantitative estimate of drug-likeness (QED) is 0.887. The molecule has 0 aliphatic carbocycles. The molecule has 1 fully saturated rings. The number of carbonyl (C=O) groups excluding carboxylic acids is 1. The number of piperidine rings is 1. The molecule has 2 aromatic rings. The van der Waals surface area contributed by atoms with Crippen LogP contribution in [0.15, 0.2) is 42.6 Å². The van der Waals surface area contributed by atoms with Crippen LogP contribution in [-0.2, 0) is 17.8 Å². The zero-order chi connectivity index (χ0) is 16.6. The Labute approximate surface area is 143 Å². The van der Waals surface area contributed by atoms with E-state index >= 15 is 0 Å². The number of amides is 1. The Hall–Kier alpha value is -2.43. The maximum atomic E-state index is 12.0. The third kappa shape index (κ3) is 4.78. The van der Waals surface area contributed by atoms with Crippen LogP contribution in [0.5, 0.6) is 0 Å². The van der Waals surface area contributed by atoms with Crippen LogP contribution in [0.3, 0.4) is 0 Å². The van der Waals surface area contributed by atoms with Gasteiger partial charge in [0.25, 0.3) is 0 Å². The Morgan fingerprint density at radius 2 is 1.88 bits per heavy atom. The number of nitrogens with one attached hydrogen (secondary N) is 1. The van der Waals surface area contributed by atoms with E-state index in [9.17, 15) is 4.79 Å². The van der Waals surface area contributed by atoms with Crippen molar-refractivity contribution in [2.24, 2.45) is 0 Å². The highest BCUT2D eigenvalue weighted by Crippen LogP contribution is 2.16. The van der Waals surface area contributed by atoms with Gasteiger partial charge in [-0.1, -0.05) is 30.3 Å². The van der Waals surface area contributed by atoms with E-state index in [4.69, 9.17) is 0 Å². The van der Waals surface area contributed by atoms with Crippen LogP contribution in [-0.4, -0.2) is 29.0 Å². The van der Waals surface area contributed by atoms with Crippen molar-refractivity contribution in [1.82, 2.24) is 15.3 Å². The van der Waals surface area contributed by atoms with Crippen LogP contribution >= 0.6 is 0 Å². The molecule has 0 bridgehead atoms. The molecule has 0 saturated carbocycles. The Kier molecular flexibility index (Phi) is 5.77. The zero-order valence-corrected chi connectivity index (χ0v) is 13.9. The highest BCUT2D eigenvalue weighted by atomic mass is 16.1. The van der Waals surface area contributed by atoms with Gasteiger partial charge in [0.05, 0.1) is 6.54 Å². The summed E-state index contributed by atoms with van der Waals surface area (Å²) in [6.45, 7) is 2.50. The van der Waals surface area contributed by atoms with E-state index in [1.807, 2.05) is 36.4 Å². The fraction of sp³-hybridized carbons (Fsp3) is 0.421. The third-order valence-electron chi connectivity index (χ3n) is 4.30. The molecule has 1 aromatic carbocycles. The number of rotatable bonds is 6. The van der Waals surface area contributed by atoms with Gasteiger partial charge in [-0.15, -0.1) is 0 Å². The largest absolute Gasteiger partial charge is 0.357 e. The lowest BCUT2D eigenvalue weighted by molar-refractivity contribution is -0.121. The Morgan fingerprint density at radius 3 is 2.67 bits per heavy atom. The molecule has 5 heteroatoms. The van der Waals surface area contributed by atoms with Crippen molar-refractivity contribution in [2.45, 2.75) is 38.6 Å². The second-order valence-electron chi connectivity index (χ2n) is 6.14. The SMILES string of the molecule is O=C(CCc1ccccc1)NCc1nccc(N2CCCCC2)n1. The van der Waals surface area contributed by atoms with Crippen molar-refractivity contribution in [3.8, 4) is 0 Å². The van der Waals surface area contributed by atoms with E-state index in [-0.39, 0.29) is 5.91 Å². The molecule has 0 unspecified atom stereocenters. The lowest BCUT2D eigenvalue weighted by atomic mass is 10.1. The first-order valence-electron chi connectivity index (χ1n) is 8.69. The fourth-order valence-electron chi connectivity index (χ4n) is 2.94. The third-order valence-corrected chi connectivity index (χ3v) is 4.30. The molecule has 3 rings (SSSR count). The molecule has 0 spiro atoms. The average molecular weight is 324 g/mol. The van der Waals surface area contributed by atoms with Gasteiger partial charge in [-0.25, -0.2) is 9.97 Å². The monoisotopic (exact) mass is 324 g/mol. The highest BCUT2D eigenvalue weighted by Gasteiger charge is 2.13. The second kappa shape index (κ2) is 8.43. The number of hydrogen-bond acceptors (Lipinski definition) is 4. The molecule has 1 aromatic heterocycles. The summed E-state index contributed by atoms with van der Waals surface area (Å²) in [5, 5.41) is 2.92. The molecule has 0 atom stereocenters. The molecule has 1 aliphatic rings. The van der Waals surface area contributed by atoms with Crippen LogP contribution in [0.4, 0.5) is 5.82 Å². The van der Waals surface area contributed by atoms with Crippen molar-refractivity contribution in [3.63, 3.8) is 0 Å². The first kappa shape index (κ1) is 16.4. The maximum Gasteiger partial charge on any atom is 0.220 e. The number of aromatic nitrogens is 2. The number of anilines is 1.